The molecule has 0 unspecified atom stereocenters. The summed E-state index contributed by atoms with van der Waals surface area (Å²) in [6, 6.07) is 13.7. The van der Waals surface area contributed by atoms with Gasteiger partial charge in [-0.1, -0.05) is 29.8 Å². The number of nitrogens with one attached hydrogen (secondary N) is 1. The third-order valence-electron chi connectivity index (χ3n) is 4.20. The molecule has 0 aliphatic carbocycles. The number of rotatable bonds is 8. The van der Waals surface area contributed by atoms with Gasteiger partial charge in [0.25, 0.3) is 0 Å². The smallest absolute Gasteiger partial charge is 0.204 e. The van der Waals surface area contributed by atoms with Crippen LogP contribution in [0.5, 0.6) is 5.75 Å². The molecule has 1 heterocycles. The van der Waals surface area contributed by atoms with Gasteiger partial charge in [0.1, 0.15) is 18.5 Å². The Morgan fingerprint density at radius 2 is 2.00 bits per heavy atom. The topological polar surface area (TPSA) is 79.5 Å². The average Bonchev–Trinajstić information content (AvgIpc) is 2.97. The van der Waals surface area contributed by atoms with Gasteiger partial charge in [-0.3, -0.25) is 0 Å². The highest BCUT2D eigenvalue weighted by Gasteiger charge is 2.15. The summed E-state index contributed by atoms with van der Waals surface area (Å²) in [5, 5.41) is 22.6. The van der Waals surface area contributed by atoms with Crippen LogP contribution in [0.25, 0.3) is 11.0 Å². The van der Waals surface area contributed by atoms with Crippen LogP contribution in [0.3, 0.4) is 0 Å². The number of imidazole rings is 1. The molecule has 0 amide bonds. The first-order valence-electron chi connectivity index (χ1n) is 8.76. The summed E-state index contributed by atoms with van der Waals surface area (Å²) >= 11 is 0. The average molecular weight is 355 g/mol. The number of aromatic nitrogens is 2. The molecule has 26 heavy (non-hydrogen) atoms. The van der Waals surface area contributed by atoms with E-state index in [2.05, 4.69) is 16.4 Å². The van der Waals surface area contributed by atoms with Crippen molar-refractivity contribution in [2.75, 3.05) is 25.1 Å². The number of ether oxygens (including phenoxy) is 1. The molecule has 0 radical (unpaired) electrons. The highest BCUT2D eigenvalue weighted by atomic mass is 16.5. The van der Waals surface area contributed by atoms with Gasteiger partial charge in [-0.05, 0) is 37.6 Å². The Labute approximate surface area is 153 Å². The van der Waals surface area contributed by atoms with Gasteiger partial charge in [-0.2, -0.15) is 0 Å². The van der Waals surface area contributed by atoms with E-state index in [0.29, 0.717) is 19.0 Å². The fourth-order valence-corrected chi connectivity index (χ4v) is 2.97. The number of hydrogen-bond acceptors (Lipinski definition) is 5. The lowest BCUT2D eigenvalue weighted by Gasteiger charge is -2.17. The van der Waals surface area contributed by atoms with Gasteiger partial charge >= 0.3 is 0 Å². The van der Waals surface area contributed by atoms with E-state index in [-0.39, 0.29) is 13.2 Å². The Bertz CT molecular complexity index is 876. The van der Waals surface area contributed by atoms with Crippen molar-refractivity contribution in [3.63, 3.8) is 0 Å². The molecule has 6 heteroatoms. The van der Waals surface area contributed by atoms with E-state index < -0.39 is 6.10 Å². The quantitative estimate of drug-likeness (QED) is 0.579. The standard InChI is InChI=1S/C20H25N3O3/c1-14-7-8-19(15(2)11-14)26-13-16(25)12-23-18-6-4-3-5-17(18)22-20(23)21-9-10-24/h3-8,11,16,24-25H,9-10,12-13H2,1-2H3,(H,21,22)/t16-/m0/s1. The predicted octanol–water partition coefficient (Wildman–Crippen LogP) is 2.50. The molecule has 1 aromatic heterocycles. The van der Waals surface area contributed by atoms with E-state index >= 15 is 0 Å². The fourth-order valence-electron chi connectivity index (χ4n) is 2.97. The van der Waals surface area contributed by atoms with Crippen LogP contribution in [-0.2, 0) is 6.54 Å². The van der Waals surface area contributed by atoms with Crippen LogP contribution in [0.4, 0.5) is 5.95 Å². The summed E-state index contributed by atoms with van der Waals surface area (Å²) in [5.74, 6) is 1.41. The number of benzene rings is 2. The molecule has 1 atom stereocenters. The summed E-state index contributed by atoms with van der Waals surface area (Å²) in [4.78, 5) is 4.53. The third-order valence-corrected chi connectivity index (χ3v) is 4.20. The zero-order valence-electron chi connectivity index (χ0n) is 15.1. The van der Waals surface area contributed by atoms with Crippen molar-refractivity contribution in [3.05, 3.63) is 53.6 Å². The second-order valence-electron chi connectivity index (χ2n) is 6.42. The van der Waals surface area contributed by atoms with Crippen LogP contribution >= 0.6 is 0 Å². The Balaban J connectivity index is 1.72. The van der Waals surface area contributed by atoms with Crippen LogP contribution < -0.4 is 10.1 Å². The Morgan fingerprint density at radius 1 is 1.19 bits per heavy atom. The van der Waals surface area contributed by atoms with Crippen molar-refractivity contribution in [2.24, 2.45) is 0 Å². The van der Waals surface area contributed by atoms with Crippen molar-refractivity contribution in [1.29, 1.82) is 0 Å². The van der Waals surface area contributed by atoms with Crippen LogP contribution in [0.15, 0.2) is 42.5 Å². The Morgan fingerprint density at radius 3 is 2.77 bits per heavy atom. The summed E-state index contributed by atoms with van der Waals surface area (Å²) in [5.41, 5.74) is 4.00. The number of hydrogen-bond donors (Lipinski definition) is 3. The van der Waals surface area contributed by atoms with Crippen LogP contribution in [0.2, 0.25) is 0 Å². The van der Waals surface area contributed by atoms with E-state index in [9.17, 15) is 5.11 Å². The monoisotopic (exact) mass is 355 g/mol. The number of aliphatic hydroxyl groups is 2. The lowest BCUT2D eigenvalue weighted by atomic mass is 10.1. The zero-order chi connectivity index (χ0) is 18.5. The lowest BCUT2D eigenvalue weighted by molar-refractivity contribution is 0.0935. The van der Waals surface area contributed by atoms with E-state index in [4.69, 9.17) is 9.84 Å². The minimum Gasteiger partial charge on any atom is -0.491 e. The van der Waals surface area contributed by atoms with Gasteiger partial charge in [0.05, 0.1) is 24.2 Å². The first-order valence-corrected chi connectivity index (χ1v) is 8.76. The molecular weight excluding hydrogens is 330 g/mol. The Hall–Kier alpha value is -2.57. The number of aryl methyl sites for hydroxylation is 2. The maximum absolute atomic E-state index is 10.5. The SMILES string of the molecule is Cc1ccc(OC[C@@H](O)Cn2c(NCCO)nc3ccccc32)c(C)c1. The minimum atomic E-state index is -0.692. The molecule has 6 nitrogen and oxygen atoms in total. The van der Waals surface area contributed by atoms with Crippen molar-refractivity contribution in [1.82, 2.24) is 9.55 Å². The van der Waals surface area contributed by atoms with E-state index in [1.54, 1.807) is 0 Å². The molecule has 2 aromatic carbocycles. The van der Waals surface area contributed by atoms with Gasteiger partial charge in [-0.15, -0.1) is 0 Å². The Kier molecular flexibility index (Phi) is 5.75. The number of aliphatic hydroxyl groups excluding tert-OH is 2. The van der Waals surface area contributed by atoms with Crippen LogP contribution in [0, 0.1) is 13.8 Å². The van der Waals surface area contributed by atoms with Crippen molar-refractivity contribution in [3.8, 4) is 5.75 Å². The molecule has 0 fully saturated rings. The molecule has 0 aliphatic heterocycles. The van der Waals surface area contributed by atoms with Gasteiger partial charge in [0, 0.05) is 6.54 Å². The molecule has 138 valence electrons. The molecule has 0 saturated heterocycles. The van der Waals surface area contributed by atoms with Gasteiger partial charge in [0.15, 0.2) is 0 Å². The molecule has 0 saturated carbocycles. The molecule has 3 rings (SSSR count). The molecule has 3 aromatic rings. The maximum Gasteiger partial charge on any atom is 0.204 e. The second-order valence-corrected chi connectivity index (χ2v) is 6.42. The molecular formula is C20H25N3O3. The van der Waals surface area contributed by atoms with Gasteiger partial charge < -0.3 is 24.8 Å². The number of nitrogens with zero attached hydrogens (tertiary/aromatic N) is 2. The van der Waals surface area contributed by atoms with Crippen molar-refractivity contribution >= 4 is 17.0 Å². The minimum absolute atomic E-state index is 0.0154. The normalized spacial score (nSPS) is 12.3. The largest absolute Gasteiger partial charge is 0.491 e. The summed E-state index contributed by atoms with van der Waals surface area (Å²) in [6.07, 6.45) is -0.692. The highest BCUT2D eigenvalue weighted by Crippen LogP contribution is 2.21. The molecule has 0 spiro atoms. The first-order chi connectivity index (χ1) is 12.6. The summed E-state index contributed by atoms with van der Waals surface area (Å²) < 4.78 is 7.71. The number of anilines is 1. The van der Waals surface area contributed by atoms with Crippen molar-refractivity contribution in [2.45, 2.75) is 26.5 Å². The molecule has 0 bridgehead atoms. The van der Waals surface area contributed by atoms with E-state index in [1.165, 1.54) is 5.56 Å². The third kappa shape index (κ3) is 4.15. The van der Waals surface area contributed by atoms with Crippen LogP contribution in [0.1, 0.15) is 11.1 Å². The predicted molar refractivity (Wildman–Crippen MR) is 103 cm³/mol. The van der Waals surface area contributed by atoms with Gasteiger partial charge in [0.2, 0.25) is 5.95 Å². The molecule has 3 N–H and O–H groups in total. The first kappa shape index (κ1) is 18.2. The van der Waals surface area contributed by atoms with E-state index in [1.807, 2.05) is 54.8 Å². The number of para-hydroxylation sites is 2. The summed E-state index contributed by atoms with van der Waals surface area (Å²) in [6.45, 7) is 4.99. The molecule has 0 aliphatic rings. The van der Waals surface area contributed by atoms with E-state index in [0.717, 1.165) is 22.3 Å². The van der Waals surface area contributed by atoms with Gasteiger partial charge in [-0.25, -0.2) is 4.98 Å². The number of fused-ring (bicyclic) bond motifs is 1. The fraction of sp³-hybridized carbons (Fsp3) is 0.350. The van der Waals surface area contributed by atoms with Crippen molar-refractivity contribution < 1.29 is 14.9 Å². The maximum atomic E-state index is 10.5. The second kappa shape index (κ2) is 8.21. The highest BCUT2D eigenvalue weighted by molar-refractivity contribution is 5.78. The zero-order valence-corrected chi connectivity index (χ0v) is 15.1. The summed E-state index contributed by atoms with van der Waals surface area (Å²) in [7, 11) is 0. The van der Waals surface area contributed by atoms with Crippen LogP contribution in [-0.4, -0.2) is 45.6 Å². The lowest BCUT2D eigenvalue weighted by Crippen LogP contribution is -2.25.